The summed E-state index contributed by atoms with van der Waals surface area (Å²) in [5.41, 5.74) is 13.2. The van der Waals surface area contributed by atoms with Gasteiger partial charge in [-0.15, -0.1) is 0 Å². The molecule has 1 saturated heterocycles. The van der Waals surface area contributed by atoms with E-state index in [2.05, 4.69) is 61.7 Å². The number of piperazine rings is 1. The van der Waals surface area contributed by atoms with Crippen LogP contribution in [0.25, 0.3) is 94.7 Å². The molecular weight excluding hydrogens is 1890 g/mol. The number of ketones is 1. The van der Waals surface area contributed by atoms with E-state index < -0.39 is 34.1 Å². The van der Waals surface area contributed by atoms with Crippen molar-refractivity contribution in [2.45, 2.75) is 27.3 Å². The second-order valence-corrected chi connectivity index (χ2v) is 34.8. The first kappa shape index (κ1) is 99.0. The molecule has 0 radical (unpaired) electrons. The average Bonchev–Trinajstić information content (AvgIpc) is 0.782. The van der Waals surface area contributed by atoms with Gasteiger partial charge in [-0.25, -0.2) is 38.1 Å². The Morgan fingerprint density at radius 3 is 1.11 bits per heavy atom. The molecular formula is C120H98F3N19O8. The van der Waals surface area contributed by atoms with Crippen molar-refractivity contribution in [1.29, 1.82) is 0 Å². The van der Waals surface area contributed by atoms with Crippen LogP contribution in [0.3, 0.4) is 0 Å². The number of ether oxygens (including phenoxy) is 2. The predicted octanol–water partition coefficient (Wildman–Crippen LogP) is 23.2. The van der Waals surface area contributed by atoms with Crippen molar-refractivity contribution in [3.8, 4) is 51.2 Å². The van der Waals surface area contributed by atoms with E-state index in [1.807, 2.05) is 354 Å². The lowest BCUT2D eigenvalue weighted by atomic mass is 10.0. The Hall–Kier alpha value is -19.8. The fraction of sp³-hybridized carbons (Fsp3) is 0.0833. The Morgan fingerprint density at radius 1 is 0.373 bits per heavy atom. The van der Waals surface area contributed by atoms with Crippen LogP contribution < -0.4 is 73.4 Å². The molecule has 1 fully saturated rings. The summed E-state index contributed by atoms with van der Waals surface area (Å²) in [7, 11) is 2.87. The zero-order valence-electron chi connectivity index (χ0n) is 81.9. The normalized spacial score (nSPS) is 11.5. The third-order valence-electron chi connectivity index (χ3n) is 24.7. The van der Waals surface area contributed by atoms with E-state index in [0.29, 0.717) is 85.7 Å². The van der Waals surface area contributed by atoms with E-state index >= 15 is 4.39 Å². The lowest BCUT2D eigenvalue weighted by Gasteiger charge is -2.31. The topological polar surface area (TPSA) is 303 Å². The number of aromatic nitrogens is 12. The molecule has 23 rings (SSSR count). The Morgan fingerprint density at radius 2 is 0.727 bits per heavy atom. The first-order valence-electron chi connectivity index (χ1n) is 48.2. The van der Waals surface area contributed by atoms with Crippen LogP contribution in [0.15, 0.2) is 431 Å². The summed E-state index contributed by atoms with van der Waals surface area (Å²) in [4.78, 5) is 107. The second-order valence-electron chi connectivity index (χ2n) is 34.8. The van der Waals surface area contributed by atoms with Gasteiger partial charge in [-0.2, -0.15) is 4.98 Å². The maximum absolute atomic E-state index is 15.5. The van der Waals surface area contributed by atoms with Crippen LogP contribution in [0.4, 0.5) is 76.4 Å². The van der Waals surface area contributed by atoms with Crippen LogP contribution in [-0.4, -0.2) is 103 Å². The number of nitrogens with one attached hydrogen (secondary N) is 6. The molecule has 0 amide bonds. The van der Waals surface area contributed by atoms with Crippen LogP contribution in [0, 0.1) is 31.3 Å². The molecule has 0 spiro atoms. The van der Waals surface area contributed by atoms with Gasteiger partial charge in [-0.05, 0) is 177 Å². The van der Waals surface area contributed by atoms with Gasteiger partial charge in [0.1, 0.15) is 51.7 Å². The molecule has 1 aliphatic rings. The molecule has 6 N–H and O–H groups in total. The quantitative estimate of drug-likeness (QED) is 0.0344. The van der Waals surface area contributed by atoms with Crippen LogP contribution in [0.5, 0.6) is 11.6 Å². The number of fused-ring (bicyclic) bond motifs is 5. The van der Waals surface area contributed by atoms with Crippen LogP contribution in [0.2, 0.25) is 0 Å². The van der Waals surface area contributed by atoms with Crippen molar-refractivity contribution in [2.75, 3.05) is 71.9 Å². The standard InChI is InChI=1S/C27H19F2N3O2.C25H25N5O.C24H19N5O.C22H16FN3O2.C22H19N3O2/c1-34-27-25(29)23(17-12-14-18(28)15-13-17)24-21(33)16-22(30-19-8-4-2-5-9-19)32(26(24)31-27)20-10-6-3-7-11-20;1-18-16-21(29-14-12-26-13-15-29)24-22(31)17-23(28-19-8-4-2-5-9-19)30(25(24)27-18)20-10-6-3-7-11-20;30-21-15-22(27-19-7-3-1-4-8-19)29(20-9-5-2-6-10-20)24-23(21)18(11-12-26-24)16-28-14-13-25-17-28;1-14(27)20-17(23)13-24-22-21(20)18(28)12-19(25-15-8-4-2-5-9-15)26(22)16-10-6-3-7-11-16;1-15-13-19(27-2)21-18(26)14-20(24-16-9-5-3-6-10-16)25(22(21)23-15)17-11-7-4-8-12-17/h2-16,30H,1H3;2-11,16-17,26,28H,12-15H2,1H3;1-15,17,27H,16H2;2-13,25H,1H3;3-14,24H,1-2H3. The molecule has 0 atom stereocenters. The number of carbonyl (C=O) groups is 1. The summed E-state index contributed by atoms with van der Waals surface area (Å²) in [6.45, 7) is 9.21. The number of hydrogen-bond donors (Lipinski definition) is 6. The summed E-state index contributed by atoms with van der Waals surface area (Å²) >= 11 is 0. The number of carbonyl (C=O) groups excluding carboxylic acids is 1. The van der Waals surface area contributed by atoms with Gasteiger partial charge >= 0.3 is 0 Å². The van der Waals surface area contributed by atoms with Crippen LogP contribution >= 0.6 is 0 Å². The van der Waals surface area contributed by atoms with Gasteiger partial charge in [0.15, 0.2) is 67.2 Å². The Kier molecular flexibility index (Phi) is 30.0. The summed E-state index contributed by atoms with van der Waals surface area (Å²) < 4.78 is 65.4. The fourth-order valence-electron chi connectivity index (χ4n) is 18.1. The van der Waals surface area contributed by atoms with Gasteiger partial charge in [0.25, 0.3) is 5.88 Å². The maximum atomic E-state index is 15.5. The highest BCUT2D eigenvalue weighted by atomic mass is 19.1. The van der Waals surface area contributed by atoms with Gasteiger partial charge in [0.2, 0.25) is 0 Å². The predicted molar refractivity (Wildman–Crippen MR) is 590 cm³/mol. The zero-order chi connectivity index (χ0) is 104. The van der Waals surface area contributed by atoms with E-state index in [4.69, 9.17) is 14.5 Å². The van der Waals surface area contributed by atoms with Crippen molar-refractivity contribution in [1.82, 2.24) is 62.6 Å². The van der Waals surface area contributed by atoms with Gasteiger partial charge in [-0.3, -0.25) is 51.6 Å². The number of nitrogens with zero attached hydrogens (tertiary/aromatic N) is 13. The van der Waals surface area contributed by atoms with Crippen LogP contribution in [0.1, 0.15) is 34.2 Å². The number of para-hydroxylation sites is 10. The minimum Gasteiger partial charge on any atom is -0.496 e. The highest BCUT2D eigenvalue weighted by Crippen LogP contribution is 2.39. The number of Topliss-reactive ketones (excluding diaryl/α,β-unsaturated/α-hetero) is 1. The largest absolute Gasteiger partial charge is 0.496 e. The Balaban J connectivity index is 0.000000118. The number of rotatable bonds is 22. The molecule has 0 unspecified atom stereocenters. The summed E-state index contributed by atoms with van der Waals surface area (Å²) in [6.07, 6.45) is 8.08. The first-order chi connectivity index (χ1) is 73.3. The number of imidazole rings is 1. The number of methoxy groups -OCH3 is 2. The lowest BCUT2D eigenvalue weighted by molar-refractivity contribution is 0.101. The first-order valence-corrected chi connectivity index (χ1v) is 48.2. The van der Waals surface area contributed by atoms with E-state index in [-0.39, 0.29) is 55.4 Å². The molecule has 22 aromatic rings. The monoisotopic (exact) mass is 1990 g/mol. The maximum Gasteiger partial charge on any atom is 0.252 e. The van der Waals surface area contributed by atoms with Crippen molar-refractivity contribution in [3.05, 3.63) is 498 Å². The Bertz CT molecular complexity index is 8950. The molecule has 11 aromatic heterocycles. The summed E-state index contributed by atoms with van der Waals surface area (Å²) in [5.74, 6) is 0.579. The molecule has 12 heterocycles. The molecule has 0 aliphatic carbocycles. The number of halogens is 3. The van der Waals surface area contributed by atoms with Gasteiger partial charge in [0, 0.05) is 162 Å². The average molecular weight is 1990 g/mol. The smallest absolute Gasteiger partial charge is 0.252 e. The summed E-state index contributed by atoms with van der Waals surface area (Å²) in [6, 6.07) is 115. The third kappa shape index (κ3) is 21.9. The van der Waals surface area contributed by atoms with Gasteiger partial charge in [0.05, 0.1) is 59.5 Å². The van der Waals surface area contributed by atoms with Crippen molar-refractivity contribution in [3.63, 3.8) is 0 Å². The van der Waals surface area contributed by atoms with Crippen molar-refractivity contribution < 1.29 is 27.4 Å². The van der Waals surface area contributed by atoms with Crippen molar-refractivity contribution in [2.24, 2.45) is 0 Å². The Labute approximate surface area is 857 Å². The molecule has 27 nitrogen and oxygen atoms in total. The highest BCUT2D eigenvalue weighted by Gasteiger charge is 2.28. The van der Waals surface area contributed by atoms with E-state index in [1.54, 1.807) is 59.2 Å². The van der Waals surface area contributed by atoms with Gasteiger partial charge in [-0.1, -0.05) is 194 Å². The third-order valence-corrected chi connectivity index (χ3v) is 24.7. The van der Waals surface area contributed by atoms with Crippen molar-refractivity contribution >= 4 is 124 Å². The molecule has 30 heteroatoms. The van der Waals surface area contributed by atoms with E-state index in [1.165, 1.54) is 50.4 Å². The fourth-order valence-corrected chi connectivity index (χ4v) is 18.1. The molecule has 742 valence electrons. The summed E-state index contributed by atoms with van der Waals surface area (Å²) in [5, 5.41) is 21.8. The number of anilines is 11. The number of benzene rings is 11. The minimum absolute atomic E-state index is 0.00259. The molecule has 0 saturated carbocycles. The number of pyridine rings is 10. The zero-order valence-corrected chi connectivity index (χ0v) is 81.9. The lowest BCUT2D eigenvalue weighted by Crippen LogP contribution is -2.44. The molecule has 11 aromatic carbocycles. The second kappa shape index (κ2) is 45.5. The van der Waals surface area contributed by atoms with E-state index in [9.17, 15) is 37.5 Å². The molecule has 0 bridgehead atoms. The van der Waals surface area contributed by atoms with Gasteiger partial charge < -0.3 is 50.8 Å². The highest BCUT2D eigenvalue weighted by molar-refractivity contribution is 6.06. The molecule has 1 aliphatic heterocycles. The minimum atomic E-state index is -0.805. The number of aryl methyl sites for hydroxylation is 2. The van der Waals surface area contributed by atoms with Crippen LogP contribution in [-0.2, 0) is 6.54 Å². The SMILES string of the molecule is CC(=O)c1c(F)cnc2c1c(=O)cc(Nc1ccccc1)n2-c1ccccc1.COc1cc(C)nc2c1c(=O)cc(Nc1ccccc1)n2-c1ccccc1.COc1nc2c(c(-c3ccc(F)cc3)c1F)c(=O)cc(Nc1ccccc1)n2-c1ccccc1.Cc1cc(N2CCNCC2)c2c(=O)cc(Nc3ccccc3)n(-c3ccccc3)c2n1.O=c1cc(Nc2ccccc2)n(-c2ccccc2)c2nccc(Cn3ccnc3)c12. The molecule has 150 heavy (non-hydrogen) atoms. The number of hydrogen-bond acceptors (Lipinski definition) is 21. The van der Waals surface area contributed by atoms with E-state index in [0.717, 1.165) is 106 Å².